The maximum atomic E-state index is 12.4. The summed E-state index contributed by atoms with van der Waals surface area (Å²) in [7, 11) is 0. The van der Waals surface area contributed by atoms with E-state index in [4.69, 9.17) is 20.7 Å². The highest BCUT2D eigenvalue weighted by molar-refractivity contribution is 5.67. The van der Waals surface area contributed by atoms with Gasteiger partial charge in [0, 0.05) is 24.8 Å². The van der Waals surface area contributed by atoms with Crippen LogP contribution < -0.4 is 17.0 Å². The van der Waals surface area contributed by atoms with Gasteiger partial charge in [-0.25, -0.2) is 4.79 Å². The highest BCUT2D eigenvalue weighted by Gasteiger charge is 2.43. The first kappa shape index (κ1) is 18.3. The van der Waals surface area contributed by atoms with E-state index in [1.807, 2.05) is 0 Å². The summed E-state index contributed by atoms with van der Waals surface area (Å²) < 4.78 is 6.85. The van der Waals surface area contributed by atoms with Gasteiger partial charge < -0.3 is 30.9 Å². The van der Waals surface area contributed by atoms with Crippen molar-refractivity contribution in [3.05, 3.63) is 33.1 Å². The van der Waals surface area contributed by atoms with E-state index in [2.05, 4.69) is 0 Å². The van der Waals surface area contributed by atoms with Gasteiger partial charge in [-0.15, -0.1) is 0 Å². The van der Waals surface area contributed by atoms with Crippen molar-refractivity contribution in [2.24, 2.45) is 5.73 Å². The molecule has 0 amide bonds. The normalized spacial score (nSPS) is 28.0. The van der Waals surface area contributed by atoms with Crippen molar-refractivity contribution in [1.29, 1.82) is 0 Å². The van der Waals surface area contributed by atoms with Crippen LogP contribution in [-0.4, -0.2) is 66.5 Å². The molecule has 0 spiro atoms. The quantitative estimate of drug-likeness (QED) is 0.349. The number of hydrogen-bond acceptors (Lipinski definition) is 8. The lowest BCUT2D eigenvalue weighted by atomic mass is 10.1. The molecule has 0 saturated carbocycles. The molecule has 0 bridgehead atoms. The van der Waals surface area contributed by atoms with E-state index in [0.29, 0.717) is 0 Å². The van der Waals surface area contributed by atoms with Crippen LogP contribution in [0.1, 0.15) is 12.6 Å². The van der Waals surface area contributed by atoms with Crippen LogP contribution in [0.5, 0.6) is 0 Å². The molecule has 1 aliphatic heterocycles. The predicted octanol–water partition coefficient (Wildman–Crippen LogP) is -3.58. The highest BCUT2D eigenvalue weighted by atomic mass is 16.6. The van der Waals surface area contributed by atoms with E-state index < -0.39 is 60.8 Å². The molecule has 0 aromatic carbocycles. The number of aliphatic carboxylic acids is 1. The number of aliphatic hydroxyl groups is 3. The second kappa shape index (κ2) is 7.23. The lowest BCUT2D eigenvalue weighted by molar-refractivity contribution is -0.137. The lowest BCUT2D eigenvalue weighted by Gasteiger charge is -2.19. The van der Waals surface area contributed by atoms with Gasteiger partial charge in [0.1, 0.15) is 18.3 Å². The first-order valence-electron chi connectivity index (χ1n) is 7.18. The van der Waals surface area contributed by atoms with E-state index in [9.17, 15) is 24.6 Å². The number of nitrogens with zero attached hydrogens (tertiary/aromatic N) is 2. The van der Waals surface area contributed by atoms with Crippen molar-refractivity contribution in [1.82, 2.24) is 9.13 Å². The molecule has 0 radical (unpaired) electrons. The highest BCUT2D eigenvalue weighted by Crippen LogP contribution is 2.27. The molecule has 5 atom stereocenters. The van der Waals surface area contributed by atoms with E-state index in [-0.39, 0.29) is 6.54 Å². The molecule has 1 fully saturated rings. The number of aromatic nitrogens is 2. The van der Waals surface area contributed by atoms with Crippen molar-refractivity contribution in [2.75, 3.05) is 6.61 Å². The number of carbonyl (C=O) groups is 1. The molecule has 134 valence electrons. The fourth-order valence-corrected chi connectivity index (χ4v) is 2.53. The van der Waals surface area contributed by atoms with Crippen molar-refractivity contribution in [3.8, 4) is 0 Å². The number of aliphatic hydroxyl groups excluding tert-OH is 3. The van der Waals surface area contributed by atoms with Crippen LogP contribution in [0.2, 0.25) is 0 Å². The van der Waals surface area contributed by atoms with Gasteiger partial charge in [-0.3, -0.25) is 18.7 Å². The zero-order chi connectivity index (χ0) is 18.0. The van der Waals surface area contributed by atoms with Crippen LogP contribution in [0.25, 0.3) is 0 Å². The van der Waals surface area contributed by atoms with Gasteiger partial charge >= 0.3 is 11.7 Å². The van der Waals surface area contributed by atoms with Crippen molar-refractivity contribution in [3.63, 3.8) is 0 Å². The number of carboxylic acids is 1. The zero-order valence-corrected chi connectivity index (χ0v) is 12.6. The third kappa shape index (κ3) is 3.55. The smallest absolute Gasteiger partial charge is 0.333 e. The second-order valence-corrected chi connectivity index (χ2v) is 5.54. The Morgan fingerprint density at radius 2 is 2.00 bits per heavy atom. The monoisotopic (exact) mass is 345 g/mol. The Labute approximate surface area is 135 Å². The minimum absolute atomic E-state index is 0.334. The number of hydrogen-bond donors (Lipinski definition) is 5. The molecule has 24 heavy (non-hydrogen) atoms. The number of carboxylic acid groups (broad SMARTS) is 1. The fraction of sp³-hybridized carbons (Fsp3) is 0.615. The first-order valence-corrected chi connectivity index (χ1v) is 7.18. The summed E-state index contributed by atoms with van der Waals surface area (Å²) in [5.41, 5.74) is 4.03. The van der Waals surface area contributed by atoms with Crippen LogP contribution in [-0.2, 0) is 16.1 Å². The standard InChI is InChI=1S/C13H19N3O8/c14-6(3-9(19)20)4-16-8(18)1-2-15(13(16)23)12-11(22)10(21)7(5-17)24-12/h1-2,6-7,10-12,17,21-22H,3-5,14H2,(H,19,20)/t6?,7-,10?,11?,12-/m0/s1. The van der Waals surface area contributed by atoms with E-state index >= 15 is 0 Å². The maximum Gasteiger partial charge on any atom is 0.333 e. The Kier molecular flexibility index (Phi) is 5.51. The van der Waals surface area contributed by atoms with E-state index in [0.717, 1.165) is 21.4 Å². The predicted molar refractivity (Wildman–Crippen MR) is 78.2 cm³/mol. The molecular weight excluding hydrogens is 326 g/mol. The van der Waals surface area contributed by atoms with Crippen molar-refractivity contribution in [2.45, 2.75) is 43.5 Å². The molecule has 0 aliphatic carbocycles. The Balaban J connectivity index is 2.34. The Hall–Kier alpha value is -2.05. The minimum Gasteiger partial charge on any atom is -0.481 e. The van der Waals surface area contributed by atoms with Gasteiger partial charge in [-0.2, -0.15) is 0 Å². The molecule has 11 nitrogen and oxygen atoms in total. The fourth-order valence-electron chi connectivity index (χ4n) is 2.53. The number of ether oxygens (including phenoxy) is 1. The molecule has 1 aromatic heterocycles. The van der Waals surface area contributed by atoms with Gasteiger partial charge in [0.15, 0.2) is 6.23 Å². The summed E-state index contributed by atoms with van der Waals surface area (Å²) in [5, 5.41) is 37.5. The SMILES string of the molecule is NC(CC(=O)O)Cn1c(=O)ccn([C@H]2O[C@@H](CO)C(O)C2O)c1=O. The van der Waals surface area contributed by atoms with E-state index in [1.165, 1.54) is 0 Å². The van der Waals surface area contributed by atoms with E-state index in [1.54, 1.807) is 0 Å². The molecular formula is C13H19N3O8. The van der Waals surface area contributed by atoms with Gasteiger partial charge in [-0.05, 0) is 0 Å². The average Bonchev–Trinajstić information content (AvgIpc) is 2.79. The van der Waals surface area contributed by atoms with Crippen molar-refractivity contribution >= 4 is 5.97 Å². The molecule has 11 heteroatoms. The molecule has 1 aliphatic rings. The summed E-state index contributed by atoms with van der Waals surface area (Å²) in [5.74, 6) is -1.17. The lowest BCUT2D eigenvalue weighted by Crippen LogP contribution is -2.46. The van der Waals surface area contributed by atoms with Crippen LogP contribution in [0, 0.1) is 0 Å². The van der Waals surface area contributed by atoms with Gasteiger partial charge in [0.25, 0.3) is 5.56 Å². The van der Waals surface area contributed by atoms with Gasteiger partial charge in [0.05, 0.1) is 13.0 Å². The summed E-state index contributed by atoms with van der Waals surface area (Å²) in [4.78, 5) is 34.9. The van der Waals surface area contributed by atoms with Crippen LogP contribution in [0.4, 0.5) is 0 Å². The molecule has 6 N–H and O–H groups in total. The second-order valence-electron chi connectivity index (χ2n) is 5.54. The zero-order valence-electron chi connectivity index (χ0n) is 12.6. The average molecular weight is 345 g/mol. The first-order chi connectivity index (χ1) is 11.3. The van der Waals surface area contributed by atoms with Crippen LogP contribution in [0.15, 0.2) is 21.9 Å². The van der Waals surface area contributed by atoms with Gasteiger partial charge in [-0.1, -0.05) is 0 Å². The molecule has 2 heterocycles. The summed E-state index contributed by atoms with van der Waals surface area (Å²) in [6.45, 7) is -0.897. The molecule has 1 aromatic rings. The maximum absolute atomic E-state index is 12.4. The van der Waals surface area contributed by atoms with Crippen LogP contribution >= 0.6 is 0 Å². The number of nitrogens with two attached hydrogens (primary N) is 1. The Morgan fingerprint density at radius 3 is 2.54 bits per heavy atom. The largest absolute Gasteiger partial charge is 0.481 e. The summed E-state index contributed by atoms with van der Waals surface area (Å²) in [6, 6.07) is 0.0674. The van der Waals surface area contributed by atoms with Gasteiger partial charge in [0.2, 0.25) is 0 Å². The molecule has 2 rings (SSSR count). The third-order valence-electron chi connectivity index (χ3n) is 3.74. The summed E-state index contributed by atoms with van der Waals surface area (Å²) >= 11 is 0. The number of rotatable bonds is 6. The minimum atomic E-state index is -1.49. The molecule has 3 unspecified atom stereocenters. The van der Waals surface area contributed by atoms with Crippen molar-refractivity contribution < 1.29 is 30.0 Å². The molecule has 1 saturated heterocycles. The topological polar surface area (TPSA) is 177 Å². The Bertz CT molecular complexity index is 714. The van der Waals surface area contributed by atoms with Crippen LogP contribution in [0.3, 0.4) is 0 Å². The third-order valence-corrected chi connectivity index (χ3v) is 3.74. The Morgan fingerprint density at radius 1 is 1.33 bits per heavy atom. The summed E-state index contributed by atoms with van der Waals surface area (Å²) in [6.07, 6.45) is -4.61.